The van der Waals surface area contributed by atoms with Gasteiger partial charge in [0.2, 0.25) is 0 Å². The first-order valence-corrected chi connectivity index (χ1v) is 5.95. The molecule has 86 valence electrons. The highest BCUT2D eigenvalue weighted by Gasteiger charge is 2.30. The van der Waals surface area contributed by atoms with E-state index in [4.69, 9.17) is 4.74 Å². The lowest BCUT2D eigenvalue weighted by molar-refractivity contribution is -0.0381. The van der Waals surface area contributed by atoms with Crippen molar-refractivity contribution in [1.82, 2.24) is 0 Å². The van der Waals surface area contributed by atoms with Crippen LogP contribution in [0.4, 0.5) is 0 Å². The first-order valence-electron chi connectivity index (χ1n) is 5.95. The van der Waals surface area contributed by atoms with Gasteiger partial charge in [0.05, 0.1) is 12.2 Å². The SMILES string of the molecule is CC#CCCC(O)CC1CC(OCC)C1. The number of aliphatic hydroxyl groups excluding tert-OH is 1. The fourth-order valence-electron chi connectivity index (χ4n) is 2.11. The molecule has 0 bridgehead atoms. The summed E-state index contributed by atoms with van der Waals surface area (Å²) in [6.45, 7) is 4.68. The van der Waals surface area contributed by atoms with Crippen LogP contribution >= 0.6 is 0 Å². The average Bonchev–Trinajstić information content (AvgIpc) is 2.15. The third-order valence-corrected chi connectivity index (χ3v) is 2.98. The van der Waals surface area contributed by atoms with E-state index >= 15 is 0 Å². The molecule has 15 heavy (non-hydrogen) atoms. The second-order valence-electron chi connectivity index (χ2n) is 4.27. The van der Waals surface area contributed by atoms with Gasteiger partial charge >= 0.3 is 0 Å². The maximum Gasteiger partial charge on any atom is 0.0580 e. The minimum Gasteiger partial charge on any atom is -0.393 e. The van der Waals surface area contributed by atoms with E-state index in [1.807, 2.05) is 13.8 Å². The van der Waals surface area contributed by atoms with E-state index in [1.165, 1.54) is 0 Å². The lowest BCUT2D eigenvalue weighted by Crippen LogP contribution is -2.33. The molecule has 1 aliphatic carbocycles. The molecule has 0 aromatic carbocycles. The zero-order valence-electron chi connectivity index (χ0n) is 9.83. The van der Waals surface area contributed by atoms with Crippen molar-refractivity contribution in [2.75, 3.05) is 6.61 Å². The summed E-state index contributed by atoms with van der Waals surface area (Å²) in [5, 5.41) is 9.72. The van der Waals surface area contributed by atoms with Crippen LogP contribution in [0, 0.1) is 17.8 Å². The van der Waals surface area contributed by atoms with Gasteiger partial charge in [-0.15, -0.1) is 11.8 Å². The molecule has 0 aromatic heterocycles. The van der Waals surface area contributed by atoms with Gasteiger partial charge in [-0.25, -0.2) is 0 Å². The molecule has 1 N–H and O–H groups in total. The third-order valence-electron chi connectivity index (χ3n) is 2.98. The molecule has 0 aliphatic heterocycles. The molecule has 0 radical (unpaired) electrons. The van der Waals surface area contributed by atoms with Crippen molar-refractivity contribution in [1.29, 1.82) is 0 Å². The summed E-state index contributed by atoms with van der Waals surface area (Å²) in [6, 6.07) is 0. The normalized spacial score (nSPS) is 26.3. The highest BCUT2D eigenvalue weighted by molar-refractivity contribution is 4.95. The average molecular weight is 210 g/mol. The predicted molar refractivity (Wildman–Crippen MR) is 61.4 cm³/mol. The molecular formula is C13H22O2. The highest BCUT2D eigenvalue weighted by atomic mass is 16.5. The zero-order valence-corrected chi connectivity index (χ0v) is 9.83. The molecule has 1 fully saturated rings. The fourth-order valence-corrected chi connectivity index (χ4v) is 2.11. The van der Waals surface area contributed by atoms with Gasteiger partial charge in [-0.2, -0.15) is 0 Å². The standard InChI is InChI=1S/C13H22O2/c1-3-5-6-7-12(14)8-11-9-13(10-11)15-4-2/h11-14H,4,6-10H2,1-2H3. The Kier molecular flexibility index (Phi) is 5.75. The van der Waals surface area contributed by atoms with Crippen LogP contribution in [0.2, 0.25) is 0 Å². The first kappa shape index (κ1) is 12.5. The van der Waals surface area contributed by atoms with Crippen LogP contribution in [0.1, 0.15) is 46.0 Å². The summed E-state index contributed by atoms with van der Waals surface area (Å²) in [5.74, 6) is 6.50. The number of ether oxygens (including phenoxy) is 1. The quantitative estimate of drug-likeness (QED) is 0.682. The summed E-state index contributed by atoms with van der Waals surface area (Å²) in [7, 11) is 0. The Bertz CT molecular complexity index is 220. The van der Waals surface area contributed by atoms with E-state index in [-0.39, 0.29) is 6.10 Å². The summed E-state index contributed by atoms with van der Waals surface area (Å²) < 4.78 is 5.48. The Morgan fingerprint density at radius 2 is 2.20 bits per heavy atom. The van der Waals surface area contributed by atoms with Gasteiger partial charge in [0.1, 0.15) is 0 Å². The van der Waals surface area contributed by atoms with Gasteiger partial charge in [0, 0.05) is 13.0 Å². The molecule has 2 heteroatoms. The Balaban J connectivity index is 2.02. The molecule has 1 rings (SSSR count). The van der Waals surface area contributed by atoms with Gasteiger partial charge in [0.15, 0.2) is 0 Å². The molecule has 0 spiro atoms. The number of rotatable bonds is 6. The van der Waals surface area contributed by atoms with Crippen molar-refractivity contribution in [3.8, 4) is 11.8 Å². The van der Waals surface area contributed by atoms with Crippen LogP contribution in [0.5, 0.6) is 0 Å². The third kappa shape index (κ3) is 4.68. The van der Waals surface area contributed by atoms with Crippen LogP contribution < -0.4 is 0 Å². The monoisotopic (exact) mass is 210 g/mol. The van der Waals surface area contributed by atoms with Crippen molar-refractivity contribution >= 4 is 0 Å². The second-order valence-corrected chi connectivity index (χ2v) is 4.27. The van der Waals surface area contributed by atoms with E-state index in [2.05, 4.69) is 11.8 Å². The molecule has 0 heterocycles. The van der Waals surface area contributed by atoms with Crippen molar-refractivity contribution in [3.63, 3.8) is 0 Å². The van der Waals surface area contributed by atoms with Crippen molar-refractivity contribution in [2.24, 2.45) is 5.92 Å². The molecule has 2 nitrogen and oxygen atoms in total. The molecular weight excluding hydrogens is 188 g/mol. The van der Waals surface area contributed by atoms with Gasteiger partial charge in [0.25, 0.3) is 0 Å². The second kappa shape index (κ2) is 6.87. The van der Waals surface area contributed by atoms with Crippen molar-refractivity contribution in [3.05, 3.63) is 0 Å². The minimum absolute atomic E-state index is 0.168. The van der Waals surface area contributed by atoms with Crippen molar-refractivity contribution in [2.45, 2.75) is 58.2 Å². The minimum atomic E-state index is -0.168. The van der Waals surface area contributed by atoms with Crippen LogP contribution in [0.25, 0.3) is 0 Å². The number of hydrogen-bond acceptors (Lipinski definition) is 2. The van der Waals surface area contributed by atoms with E-state index < -0.39 is 0 Å². The Morgan fingerprint density at radius 1 is 1.47 bits per heavy atom. The van der Waals surface area contributed by atoms with E-state index in [0.717, 1.165) is 38.7 Å². The van der Waals surface area contributed by atoms with Crippen LogP contribution in [0.15, 0.2) is 0 Å². The van der Waals surface area contributed by atoms with E-state index in [1.54, 1.807) is 0 Å². The first-order chi connectivity index (χ1) is 7.26. The summed E-state index contributed by atoms with van der Waals surface area (Å²) in [6.07, 6.45) is 5.11. The summed E-state index contributed by atoms with van der Waals surface area (Å²) >= 11 is 0. The van der Waals surface area contributed by atoms with Crippen LogP contribution in [-0.4, -0.2) is 23.9 Å². The topological polar surface area (TPSA) is 29.5 Å². The van der Waals surface area contributed by atoms with Gasteiger partial charge in [-0.3, -0.25) is 0 Å². The Labute approximate surface area is 93.0 Å². The van der Waals surface area contributed by atoms with E-state index in [0.29, 0.717) is 12.0 Å². The fraction of sp³-hybridized carbons (Fsp3) is 0.846. The smallest absolute Gasteiger partial charge is 0.0580 e. The van der Waals surface area contributed by atoms with Gasteiger partial charge < -0.3 is 9.84 Å². The predicted octanol–water partition coefficient (Wildman–Crippen LogP) is 2.36. The lowest BCUT2D eigenvalue weighted by atomic mass is 9.78. The zero-order chi connectivity index (χ0) is 11.1. The summed E-state index contributed by atoms with van der Waals surface area (Å²) in [5.41, 5.74) is 0. The molecule has 0 amide bonds. The molecule has 1 atom stereocenters. The largest absolute Gasteiger partial charge is 0.393 e. The van der Waals surface area contributed by atoms with Crippen LogP contribution in [-0.2, 0) is 4.74 Å². The summed E-state index contributed by atoms with van der Waals surface area (Å²) in [4.78, 5) is 0. The number of aliphatic hydroxyl groups is 1. The maximum atomic E-state index is 9.72. The van der Waals surface area contributed by atoms with Gasteiger partial charge in [-0.1, -0.05) is 0 Å². The Hall–Kier alpha value is -0.520. The number of hydrogen-bond donors (Lipinski definition) is 1. The molecule has 1 saturated carbocycles. The highest BCUT2D eigenvalue weighted by Crippen LogP contribution is 2.34. The lowest BCUT2D eigenvalue weighted by Gasteiger charge is -2.36. The molecule has 0 aromatic rings. The van der Waals surface area contributed by atoms with Gasteiger partial charge in [-0.05, 0) is 45.4 Å². The van der Waals surface area contributed by atoms with Crippen molar-refractivity contribution < 1.29 is 9.84 Å². The molecule has 1 unspecified atom stereocenters. The Morgan fingerprint density at radius 3 is 2.80 bits per heavy atom. The maximum absolute atomic E-state index is 9.72. The van der Waals surface area contributed by atoms with Crippen LogP contribution in [0.3, 0.4) is 0 Å². The molecule has 0 saturated heterocycles. The van der Waals surface area contributed by atoms with E-state index in [9.17, 15) is 5.11 Å². The molecule has 1 aliphatic rings.